The minimum Gasteiger partial charge on any atom is -0.325 e. The van der Waals surface area contributed by atoms with E-state index in [4.69, 9.17) is 0 Å². The number of carbonyl (C=O) groups is 1. The molecule has 0 spiro atoms. The summed E-state index contributed by atoms with van der Waals surface area (Å²) in [7, 11) is -3.55. The Morgan fingerprint density at radius 1 is 0.900 bits per heavy atom. The molecule has 0 radical (unpaired) electrons. The van der Waals surface area contributed by atoms with Crippen LogP contribution in [0.1, 0.15) is 5.56 Å². The molecule has 1 aliphatic rings. The average Bonchev–Trinajstić information content (AvgIpc) is 2.73. The molecule has 1 amide bonds. The topological polar surface area (TPSA) is 69.7 Å². The van der Waals surface area contributed by atoms with Crippen LogP contribution in [-0.4, -0.2) is 56.3 Å². The minimum absolute atomic E-state index is 0.0913. The maximum absolute atomic E-state index is 13.1. The Morgan fingerprint density at radius 2 is 1.63 bits per heavy atom. The van der Waals surface area contributed by atoms with Crippen molar-refractivity contribution in [1.29, 1.82) is 0 Å². The SMILES string of the molecule is Cc1cccc(NC(=O)CN2CCN(S(=O)(=O)c3ccc4ccccc4c3)CC2)c1. The van der Waals surface area contributed by atoms with Gasteiger partial charge in [-0.3, -0.25) is 9.69 Å². The highest BCUT2D eigenvalue weighted by Gasteiger charge is 2.29. The van der Waals surface area contributed by atoms with E-state index in [-0.39, 0.29) is 12.5 Å². The number of fused-ring (bicyclic) bond motifs is 1. The third kappa shape index (κ3) is 4.53. The number of sulfonamides is 1. The summed E-state index contributed by atoms with van der Waals surface area (Å²) in [5, 5.41) is 4.82. The summed E-state index contributed by atoms with van der Waals surface area (Å²) in [6.07, 6.45) is 0. The molecule has 0 unspecified atom stereocenters. The zero-order valence-corrected chi connectivity index (χ0v) is 17.7. The molecule has 0 bridgehead atoms. The van der Waals surface area contributed by atoms with Crippen LogP contribution >= 0.6 is 0 Å². The van der Waals surface area contributed by atoms with Crippen molar-refractivity contribution in [2.45, 2.75) is 11.8 Å². The van der Waals surface area contributed by atoms with Gasteiger partial charge in [0.2, 0.25) is 15.9 Å². The molecule has 1 aliphatic heterocycles. The van der Waals surface area contributed by atoms with E-state index < -0.39 is 10.0 Å². The van der Waals surface area contributed by atoms with Gasteiger partial charge >= 0.3 is 0 Å². The van der Waals surface area contributed by atoms with E-state index in [1.54, 1.807) is 12.1 Å². The summed E-state index contributed by atoms with van der Waals surface area (Å²) in [6, 6.07) is 20.6. The molecule has 0 aromatic heterocycles. The van der Waals surface area contributed by atoms with Crippen molar-refractivity contribution in [3.05, 3.63) is 72.3 Å². The first-order chi connectivity index (χ1) is 14.4. The summed E-state index contributed by atoms with van der Waals surface area (Å²) >= 11 is 0. The number of aryl methyl sites for hydroxylation is 1. The van der Waals surface area contributed by atoms with Crippen LogP contribution in [0, 0.1) is 6.92 Å². The largest absolute Gasteiger partial charge is 0.325 e. The van der Waals surface area contributed by atoms with Crippen molar-refractivity contribution < 1.29 is 13.2 Å². The van der Waals surface area contributed by atoms with Crippen molar-refractivity contribution in [2.75, 3.05) is 38.0 Å². The lowest BCUT2D eigenvalue weighted by Gasteiger charge is -2.33. The number of hydrogen-bond donors (Lipinski definition) is 1. The summed E-state index contributed by atoms with van der Waals surface area (Å²) in [5.41, 5.74) is 1.86. The molecule has 1 fully saturated rings. The predicted octanol–water partition coefficient (Wildman–Crippen LogP) is 3.09. The van der Waals surface area contributed by atoms with E-state index in [0.717, 1.165) is 22.0 Å². The lowest BCUT2D eigenvalue weighted by atomic mass is 10.1. The molecule has 0 aliphatic carbocycles. The Kier molecular flexibility index (Phi) is 5.85. The summed E-state index contributed by atoms with van der Waals surface area (Å²) < 4.78 is 27.6. The molecular weight excluding hydrogens is 398 g/mol. The Balaban J connectivity index is 1.36. The maximum atomic E-state index is 13.1. The normalized spacial score (nSPS) is 15.9. The van der Waals surface area contributed by atoms with Gasteiger partial charge < -0.3 is 5.32 Å². The maximum Gasteiger partial charge on any atom is 0.243 e. The standard InChI is InChI=1S/C23H25N3O3S/c1-18-5-4-8-21(15-18)24-23(27)17-25-11-13-26(14-12-25)30(28,29)22-10-9-19-6-2-3-7-20(19)16-22/h2-10,15-16H,11-14,17H2,1H3,(H,24,27). The van der Waals surface area contributed by atoms with Gasteiger partial charge in [-0.2, -0.15) is 4.31 Å². The second-order valence-electron chi connectivity index (χ2n) is 7.61. The number of rotatable bonds is 5. The fourth-order valence-corrected chi connectivity index (χ4v) is 5.19. The lowest BCUT2D eigenvalue weighted by Crippen LogP contribution is -2.50. The van der Waals surface area contributed by atoms with E-state index >= 15 is 0 Å². The Labute approximate surface area is 177 Å². The van der Waals surface area contributed by atoms with Crippen LogP contribution in [0.2, 0.25) is 0 Å². The number of carbonyl (C=O) groups excluding carboxylic acids is 1. The Hall–Kier alpha value is -2.74. The van der Waals surface area contributed by atoms with Gasteiger partial charge in [0.1, 0.15) is 0 Å². The average molecular weight is 424 g/mol. The zero-order valence-electron chi connectivity index (χ0n) is 16.9. The summed E-state index contributed by atoms with van der Waals surface area (Å²) in [4.78, 5) is 14.6. The Bertz CT molecular complexity index is 1170. The van der Waals surface area contributed by atoms with Gasteiger partial charge in [0.05, 0.1) is 11.4 Å². The van der Waals surface area contributed by atoms with Gasteiger partial charge in [0.25, 0.3) is 0 Å². The zero-order chi connectivity index (χ0) is 21.1. The van der Waals surface area contributed by atoms with Crippen LogP contribution in [0.4, 0.5) is 5.69 Å². The number of anilines is 1. The van der Waals surface area contributed by atoms with Crippen molar-refractivity contribution in [3.63, 3.8) is 0 Å². The van der Waals surface area contributed by atoms with Crippen LogP contribution in [0.25, 0.3) is 10.8 Å². The second-order valence-corrected chi connectivity index (χ2v) is 9.54. The lowest BCUT2D eigenvalue weighted by molar-refractivity contribution is -0.117. The second kappa shape index (κ2) is 8.55. The van der Waals surface area contributed by atoms with Gasteiger partial charge in [-0.1, -0.05) is 42.5 Å². The molecule has 1 N–H and O–H groups in total. The molecular formula is C23H25N3O3S. The molecule has 156 valence electrons. The molecule has 3 aromatic rings. The van der Waals surface area contributed by atoms with E-state index in [1.165, 1.54) is 4.31 Å². The van der Waals surface area contributed by atoms with Gasteiger partial charge in [0.15, 0.2) is 0 Å². The molecule has 0 saturated carbocycles. The highest BCUT2D eigenvalue weighted by atomic mass is 32.2. The number of benzene rings is 3. The van der Waals surface area contributed by atoms with Crippen LogP contribution < -0.4 is 5.32 Å². The van der Waals surface area contributed by atoms with Crippen molar-refractivity contribution >= 4 is 32.4 Å². The fraction of sp³-hybridized carbons (Fsp3) is 0.261. The van der Waals surface area contributed by atoms with Gasteiger partial charge in [-0.15, -0.1) is 0 Å². The smallest absolute Gasteiger partial charge is 0.243 e. The quantitative estimate of drug-likeness (QED) is 0.685. The third-order valence-electron chi connectivity index (χ3n) is 5.36. The first kappa shape index (κ1) is 20.5. The summed E-state index contributed by atoms with van der Waals surface area (Å²) in [6.45, 7) is 4.00. The van der Waals surface area contributed by atoms with Crippen LogP contribution in [0.15, 0.2) is 71.6 Å². The molecule has 6 nitrogen and oxygen atoms in total. The molecule has 1 heterocycles. The van der Waals surface area contributed by atoms with Gasteiger partial charge in [0, 0.05) is 31.9 Å². The highest BCUT2D eigenvalue weighted by Crippen LogP contribution is 2.23. The van der Waals surface area contributed by atoms with Crippen molar-refractivity contribution in [3.8, 4) is 0 Å². The molecule has 3 aromatic carbocycles. The molecule has 7 heteroatoms. The third-order valence-corrected chi connectivity index (χ3v) is 7.25. The summed E-state index contributed by atoms with van der Waals surface area (Å²) in [5.74, 6) is -0.0913. The molecule has 4 rings (SSSR count). The van der Waals surface area contributed by atoms with Crippen LogP contribution in [-0.2, 0) is 14.8 Å². The van der Waals surface area contributed by atoms with Gasteiger partial charge in [-0.05, 0) is 47.5 Å². The van der Waals surface area contributed by atoms with E-state index in [1.807, 2.05) is 66.4 Å². The minimum atomic E-state index is -3.55. The predicted molar refractivity (Wildman–Crippen MR) is 119 cm³/mol. The monoisotopic (exact) mass is 423 g/mol. The first-order valence-corrected chi connectivity index (χ1v) is 11.4. The highest BCUT2D eigenvalue weighted by molar-refractivity contribution is 7.89. The van der Waals surface area contributed by atoms with Crippen molar-refractivity contribution in [2.24, 2.45) is 0 Å². The van der Waals surface area contributed by atoms with E-state index in [2.05, 4.69) is 5.32 Å². The first-order valence-electron chi connectivity index (χ1n) is 10.00. The fourth-order valence-electron chi connectivity index (χ4n) is 3.73. The van der Waals surface area contributed by atoms with E-state index in [0.29, 0.717) is 31.1 Å². The number of hydrogen-bond acceptors (Lipinski definition) is 4. The number of amides is 1. The molecule has 1 saturated heterocycles. The van der Waals surface area contributed by atoms with E-state index in [9.17, 15) is 13.2 Å². The molecule has 30 heavy (non-hydrogen) atoms. The number of nitrogens with one attached hydrogen (secondary N) is 1. The molecule has 0 atom stereocenters. The van der Waals surface area contributed by atoms with Crippen molar-refractivity contribution in [1.82, 2.24) is 9.21 Å². The van der Waals surface area contributed by atoms with Gasteiger partial charge in [-0.25, -0.2) is 8.42 Å². The Morgan fingerprint density at radius 3 is 2.37 bits per heavy atom. The number of nitrogens with zero attached hydrogens (tertiary/aromatic N) is 2. The van der Waals surface area contributed by atoms with Crippen LogP contribution in [0.3, 0.4) is 0 Å². The van der Waals surface area contributed by atoms with Crippen LogP contribution in [0.5, 0.6) is 0 Å². The number of piperazine rings is 1.